The number of carbonyl (C=O) groups is 2. The fourth-order valence-corrected chi connectivity index (χ4v) is 3.16. The zero-order chi connectivity index (χ0) is 23.1. The molecule has 0 fully saturated rings. The van der Waals surface area contributed by atoms with Crippen LogP contribution < -0.4 is 10.1 Å². The van der Waals surface area contributed by atoms with Gasteiger partial charge in [0.1, 0.15) is 29.6 Å². The number of aryl methyl sites for hydroxylation is 1. The van der Waals surface area contributed by atoms with Crippen molar-refractivity contribution in [1.29, 1.82) is 0 Å². The van der Waals surface area contributed by atoms with E-state index >= 15 is 0 Å². The van der Waals surface area contributed by atoms with Crippen molar-refractivity contribution in [3.63, 3.8) is 0 Å². The molecular weight excluding hydrogens is 415 g/mol. The Bertz CT molecular complexity index is 1080. The van der Waals surface area contributed by atoms with Gasteiger partial charge >= 0.3 is 5.97 Å². The average molecular weight is 440 g/mol. The average Bonchev–Trinajstić information content (AvgIpc) is 3.08. The number of hydrogen-bond donors (Lipinski definition) is 2. The maximum Gasteiger partial charge on any atom is 0.340 e. The Morgan fingerprint density at radius 1 is 0.969 bits per heavy atom. The standard InChI is InChI=1S/C24H25FN2O5/c1-15-21(24(29)31-13-12-30-3)16(2)27-22(15)23(28)26-14-17-4-8-19(9-5-17)32-20-10-6-18(25)7-11-20/h4-11,27H,12-14H2,1-3H3,(H,26,28). The topological polar surface area (TPSA) is 89.7 Å². The molecule has 0 spiro atoms. The molecule has 0 aliphatic heterocycles. The van der Waals surface area contributed by atoms with E-state index in [0.29, 0.717) is 47.2 Å². The number of halogens is 1. The number of nitrogens with one attached hydrogen (secondary N) is 2. The number of ether oxygens (including phenoxy) is 3. The number of rotatable bonds is 9. The van der Waals surface area contributed by atoms with E-state index in [4.69, 9.17) is 14.2 Å². The van der Waals surface area contributed by atoms with Crippen molar-refractivity contribution in [1.82, 2.24) is 10.3 Å². The van der Waals surface area contributed by atoms with Crippen LogP contribution in [0.25, 0.3) is 0 Å². The molecule has 32 heavy (non-hydrogen) atoms. The van der Waals surface area contributed by atoms with Crippen molar-refractivity contribution >= 4 is 11.9 Å². The lowest BCUT2D eigenvalue weighted by Gasteiger charge is -2.08. The van der Waals surface area contributed by atoms with Crippen molar-refractivity contribution in [2.24, 2.45) is 0 Å². The third-order valence-electron chi connectivity index (χ3n) is 4.82. The van der Waals surface area contributed by atoms with Crippen molar-refractivity contribution in [2.45, 2.75) is 20.4 Å². The van der Waals surface area contributed by atoms with E-state index in [2.05, 4.69) is 10.3 Å². The first-order valence-corrected chi connectivity index (χ1v) is 10.0. The molecule has 3 rings (SSSR count). The Morgan fingerprint density at radius 3 is 2.22 bits per heavy atom. The van der Waals surface area contributed by atoms with Gasteiger partial charge in [0.25, 0.3) is 5.91 Å². The molecule has 0 atom stereocenters. The highest BCUT2D eigenvalue weighted by molar-refractivity contribution is 6.00. The summed E-state index contributed by atoms with van der Waals surface area (Å²) in [6.07, 6.45) is 0. The maximum absolute atomic E-state index is 13.0. The molecule has 0 saturated heterocycles. The van der Waals surface area contributed by atoms with E-state index in [1.807, 2.05) is 12.1 Å². The number of aromatic amines is 1. The molecule has 1 amide bonds. The Morgan fingerprint density at radius 2 is 1.59 bits per heavy atom. The Hall–Kier alpha value is -3.65. The quantitative estimate of drug-likeness (QED) is 0.383. The number of esters is 1. The second-order valence-electron chi connectivity index (χ2n) is 7.14. The van der Waals surface area contributed by atoms with E-state index in [0.717, 1.165) is 5.56 Å². The first-order valence-electron chi connectivity index (χ1n) is 10.0. The summed E-state index contributed by atoms with van der Waals surface area (Å²) in [6.45, 7) is 4.15. The summed E-state index contributed by atoms with van der Waals surface area (Å²) in [5.41, 5.74) is 2.64. The van der Waals surface area contributed by atoms with E-state index in [1.54, 1.807) is 38.1 Å². The van der Waals surface area contributed by atoms with Crippen LogP contribution in [0.15, 0.2) is 48.5 Å². The molecule has 0 radical (unpaired) electrons. The van der Waals surface area contributed by atoms with Gasteiger partial charge < -0.3 is 24.5 Å². The molecule has 7 nitrogen and oxygen atoms in total. The Kier molecular flexibility index (Phi) is 7.62. The predicted molar refractivity (Wildman–Crippen MR) is 117 cm³/mol. The predicted octanol–water partition coefficient (Wildman–Crippen LogP) is 4.30. The minimum absolute atomic E-state index is 0.141. The number of amides is 1. The van der Waals surface area contributed by atoms with Crippen LogP contribution >= 0.6 is 0 Å². The minimum atomic E-state index is -0.496. The summed E-state index contributed by atoms with van der Waals surface area (Å²) < 4.78 is 28.7. The van der Waals surface area contributed by atoms with E-state index in [1.165, 1.54) is 19.2 Å². The smallest absolute Gasteiger partial charge is 0.340 e. The number of H-pyrrole nitrogens is 1. The number of aromatic nitrogens is 1. The van der Waals surface area contributed by atoms with Crippen LogP contribution in [0.1, 0.15) is 37.7 Å². The van der Waals surface area contributed by atoms with Crippen LogP contribution in [0.3, 0.4) is 0 Å². The normalized spacial score (nSPS) is 10.6. The molecule has 0 aliphatic carbocycles. The summed E-state index contributed by atoms with van der Waals surface area (Å²) in [5.74, 6) is -0.0240. The molecule has 168 valence electrons. The van der Waals surface area contributed by atoms with Gasteiger partial charge in [0, 0.05) is 19.3 Å². The number of benzene rings is 2. The molecule has 3 aromatic rings. The summed E-state index contributed by atoms with van der Waals surface area (Å²) in [7, 11) is 1.52. The van der Waals surface area contributed by atoms with Crippen molar-refractivity contribution in [3.05, 3.63) is 82.4 Å². The molecule has 2 N–H and O–H groups in total. The van der Waals surface area contributed by atoms with E-state index in [9.17, 15) is 14.0 Å². The minimum Gasteiger partial charge on any atom is -0.460 e. The van der Waals surface area contributed by atoms with Crippen molar-refractivity contribution < 1.29 is 28.2 Å². The first-order chi connectivity index (χ1) is 15.4. The van der Waals surface area contributed by atoms with Gasteiger partial charge in [0.15, 0.2) is 0 Å². The maximum atomic E-state index is 13.0. The summed E-state index contributed by atoms with van der Waals surface area (Å²) >= 11 is 0. The largest absolute Gasteiger partial charge is 0.460 e. The first kappa shape index (κ1) is 23.0. The summed E-state index contributed by atoms with van der Waals surface area (Å²) in [4.78, 5) is 27.9. The van der Waals surface area contributed by atoms with Crippen molar-refractivity contribution in [3.8, 4) is 11.5 Å². The van der Waals surface area contributed by atoms with Gasteiger partial charge in [-0.25, -0.2) is 9.18 Å². The Labute approximate surface area is 185 Å². The molecule has 8 heteroatoms. The van der Waals surface area contributed by atoms with Gasteiger partial charge in [0.2, 0.25) is 0 Å². The van der Waals surface area contributed by atoms with E-state index in [-0.39, 0.29) is 18.3 Å². The van der Waals surface area contributed by atoms with Gasteiger partial charge in [-0.15, -0.1) is 0 Å². The third kappa shape index (κ3) is 5.73. The molecule has 2 aromatic carbocycles. The van der Waals surface area contributed by atoms with E-state index < -0.39 is 5.97 Å². The highest BCUT2D eigenvalue weighted by Gasteiger charge is 2.22. The molecule has 1 heterocycles. The molecule has 0 unspecified atom stereocenters. The SMILES string of the molecule is COCCOC(=O)c1c(C)[nH]c(C(=O)NCc2ccc(Oc3ccc(F)cc3)cc2)c1C. The monoisotopic (exact) mass is 440 g/mol. The molecular formula is C24H25FN2O5. The van der Waals surface area contributed by atoms with Crippen LogP contribution in [-0.4, -0.2) is 37.2 Å². The van der Waals surface area contributed by atoms with Crippen LogP contribution in [-0.2, 0) is 16.0 Å². The second kappa shape index (κ2) is 10.6. The number of methoxy groups -OCH3 is 1. The lowest BCUT2D eigenvalue weighted by atomic mass is 10.1. The van der Waals surface area contributed by atoms with Crippen LogP contribution in [0.5, 0.6) is 11.5 Å². The summed E-state index contributed by atoms with van der Waals surface area (Å²) in [5, 5.41) is 2.84. The zero-order valence-electron chi connectivity index (χ0n) is 18.2. The Balaban J connectivity index is 1.59. The fourth-order valence-electron chi connectivity index (χ4n) is 3.16. The van der Waals surface area contributed by atoms with Gasteiger partial charge in [0.05, 0.1) is 12.2 Å². The van der Waals surface area contributed by atoms with Gasteiger partial charge in [-0.05, 0) is 61.4 Å². The van der Waals surface area contributed by atoms with Crippen LogP contribution in [0.4, 0.5) is 4.39 Å². The third-order valence-corrected chi connectivity index (χ3v) is 4.82. The number of hydrogen-bond acceptors (Lipinski definition) is 5. The number of carbonyl (C=O) groups excluding carboxylic acids is 2. The van der Waals surface area contributed by atoms with Crippen LogP contribution in [0.2, 0.25) is 0 Å². The summed E-state index contributed by atoms with van der Waals surface area (Å²) in [6, 6.07) is 12.9. The fraction of sp³-hybridized carbons (Fsp3) is 0.250. The van der Waals surface area contributed by atoms with Gasteiger partial charge in [-0.2, -0.15) is 0 Å². The highest BCUT2D eigenvalue weighted by Crippen LogP contribution is 2.22. The van der Waals surface area contributed by atoms with Crippen LogP contribution in [0, 0.1) is 19.7 Å². The van der Waals surface area contributed by atoms with Gasteiger partial charge in [-0.1, -0.05) is 12.1 Å². The molecule has 0 bridgehead atoms. The molecule has 0 saturated carbocycles. The lowest BCUT2D eigenvalue weighted by molar-refractivity contribution is 0.0386. The molecule has 1 aromatic heterocycles. The van der Waals surface area contributed by atoms with Crippen molar-refractivity contribution in [2.75, 3.05) is 20.3 Å². The highest BCUT2D eigenvalue weighted by atomic mass is 19.1. The molecule has 0 aliphatic rings. The lowest BCUT2D eigenvalue weighted by Crippen LogP contribution is -2.24. The zero-order valence-corrected chi connectivity index (χ0v) is 18.2. The van der Waals surface area contributed by atoms with Gasteiger partial charge in [-0.3, -0.25) is 4.79 Å². The second-order valence-corrected chi connectivity index (χ2v) is 7.14.